The minimum absolute atomic E-state index is 0.0196. The molecule has 7 nitrogen and oxygen atoms in total. The molecule has 0 bridgehead atoms. The van der Waals surface area contributed by atoms with E-state index < -0.39 is 0 Å². The van der Waals surface area contributed by atoms with E-state index in [2.05, 4.69) is 10.1 Å². The van der Waals surface area contributed by atoms with Crippen molar-refractivity contribution in [3.8, 4) is 11.5 Å². The molecule has 0 fully saturated rings. The van der Waals surface area contributed by atoms with E-state index in [4.69, 9.17) is 9.47 Å². The van der Waals surface area contributed by atoms with Crippen LogP contribution in [0.1, 0.15) is 24.9 Å². The lowest BCUT2D eigenvalue weighted by Crippen LogP contribution is -2.38. The van der Waals surface area contributed by atoms with Gasteiger partial charge < -0.3 is 14.4 Å². The molecule has 1 aromatic carbocycles. The second-order valence-corrected chi connectivity index (χ2v) is 5.46. The van der Waals surface area contributed by atoms with E-state index >= 15 is 0 Å². The first-order chi connectivity index (χ1) is 11.2. The third-order valence-electron chi connectivity index (χ3n) is 3.96. The van der Waals surface area contributed by atoms with Crippen molar-refractivity contribution in [1.29, 1.82) is 0 Å². The maximum Gasteiger partial charge on any atom is 0.247 e. The zero-order chi connectivity index (χ0) is 16.2. The number of para-hydroxylation sites is 1. The average Bonchev–Trinajstić information content (AvgIpc) is 3.08. The van der Waals surface area contributed by atoms with Crippen molar-refractivity contribution in [3.63, 3.8) is 0 Å². The number of amides is 1. The van der Waals surface area contributed by atoms with Crippen LogP contribution in [0.2, 0.25) is 0 Å². The Bertz CT molecular complexity index is 672. The molecule has 1 atom stereocenters. The molecule has 0 radical (unpaired) electrons. The Morgan fingerprint density at radius 1 is 1.43 bits per heavy atom. The number of carbonyl (C=O) groups excluding carboxylic acids is 1. The van der Waals surface area contributed by atoms with Crippen LogP contribution in [0.15, 0.2) is 30.9 Å². The number of aromatic nitrogens is 3. The highest BCUT2D eigenvalue weighted by Crippen LogP contribution is 2.33. The predicted octanol–water partition coefficient (Wildman–Crippen LogP) is 1.66. The molecule has 0 spiro atoms. The van der Waals surface area contributed by atoms with Crippen LogP contribution >= 0.6 is 0 Å². The second kappa shape index (κ2) is 6.68. The summed E-state index contributed by atoms with van der Waals surface area (Å²) in [5.41, 5.74) is 0.947. The number of carbonyl (C=O) groups is 1. The first-order valence-corrected chi connectivity index (χ1v) is 7.62. The van der Waals surface area contributed by atoms with Gasteiger partial charge in [-0.05, 0) is 19.4 Å². The first-order valence-electron chi connectivity index (χ1n) is 7.62. The summed E-state index contributed by atoms with van der Waals surface area (Å²) in [5, 5.41) is 4.06. The largest absolute Gasteiger partial charge is 0.493 e. The van der Waals surface area contributed by atoms with Gasteiger partial charge in [0.25, 0.3) is 0 Å². The van der Waals surface area contributed by atoms with Crippen molar-refractivity contribution in [2.75, 3.05) is 20.3 Å². The number of methoxy groups -OCH3 is 1. The second-order valence-electron chi connectivity index (χ2n) is 5.46. The summed E-state index contributed by atoms with van der Waals surface area (Å²) >= 11 is 0. The Balaban J connectivity index is 1.84. The molecule has 0 unspecified atom stereocenters. The van der Waals surface area contributed by atoms with Gasteiger partial charge in [0.05, 0.1) is 13.7 Å². The standard InChI is InChI=1S/C16H20N4O3/c1-12(20-11-17-10-18-20)16(21)19-7-4-8-23-15-13(9-19)5-3-6-14(15)22-2/h3,5-6,10-12H,4,7-9H2,1-2H3/t12-/m0/s1. The van der Waals surface area contributed by atoms with Crippen LogP contribution in [0, 0.1) is 0 Å². The molecule has 122 valence electrons. The van der Waals surface area contributed by atoms with Crippen LogP contribution in [-0.2, 0) is 11.3 Å². The van der Waals surface area contributed by atoms with Crippen molar-refractivity contribution in [2.24, 2.45) is 0 Å². The van der Waals surface area contributed by atoms with Crippen LogP contribution in [0.4, 0.5) is 0 Å². The molecular weight excluding hydrogens is 296 g/mol. The Labute approximate surface area is 134 Å². The summed E-state index contributed by atoms with van der Waals surface area (Å²) in [6.45, 7) is 3.52. The third-order valence-corrected chi connectivity index (χ3v) is 3.96. The molecule has 0 saturated heterocycles. The predicted molar refractivity (Wildman–Crippen MR) is 83.3 cm³/mol. The Hall–Kier alpha value is -2.57. The molecule has 1 aliphatic rings. The number of hydrogen-bond donors (Lipinski definition) is 0. The highest BCUT2D eigenvalue weighted by molar-refractivity contribution is 5.80. The average molecular weight is 316 g/mol. The van der Waals surface area contributed by atoms with Gasteiger partial charge in [-0.1, -0.05) is 12.1 Å². The Kier molecular flexibility index (Phi) is 4.45. The summed E-state index contributed by atoms with van der Waals surface area (Å²) in [6, 6.07) is 5.35. The van der Waals surface area contributed by atoms with Crippen molar-refractivity contribution in [1.82, 2.24) is 19.7 Å². The van der Waals surface area contributed by atoms with Crippen LogP contribution in [0.3, 0.4) is 0 Å². The molecule has 7 heteroatoms. The zero-order valence-corrected chi connectivity index (χ0v) is 13.3. The van der Waals surface area contributed by atoms with E-state index in [0.29, 0.717) is 25.4 Å². The minimum atomic E-state index is -0.382. The van der Waals surface area contributed by atoms with Crippen LogP contribution < -0.4 is 9.47 Å². The zero-order valence-electron chi connectivity index (χ0n) is 13.3. The maximum absolute atomic E-state index is 12.8. The van der Waals surface area contributed by atoms with Crippen LogP contribution in [-0.4, -0.2) is 45.8 Å². The van der Waals surface area contributed by atoms with Gasteiger partial charge in [0.2, 0.25) is 5.91 Å². The van der Waals surface area contributed by atoms with Gasteiger partial charge in [-0.3, -0.25) is 4.79 Å². The van der Waals surface area contributed by atoms with E-state index in [1.165, 1.54) is 6.33 Å². The summed E-state index contributed by atoms with van der Waals surface area (Å²) in [6.07, 6.45) is 3.77. The highest BCUT2D eigenvalue weighted by atomic mass is 16.5. The summed E-state index contributed by atoms with van der Waals surface area (Å²) in [4.78, 5) is 18.5. The van der Waals surface area contributed by atoms with Crippen LogP contribution in [0.5, 0.6) is 11.5 Å². The molecule has 0 N–H and O–H groups in total. The quantitative estimate of drug-likeness (QED) is 0.861. The highest BCUT2D eigenvalue weighted by Gasteiger charge is 2.25. The van der Waals surface area contributed by atoms with Crippen molar-refractivity contribution < 1.29 is 14.3 Å². The SMILES string of the molecule is COc1cccc2c1OCCCN(C(=O)[C@H](C)n1cncn1)C2. The lowest BCUT2D eigenvalue weighted by molar-refractivity contribution is -0.135. The monoisotopic (exact) mass is 316 g/mol. The number of fused-ring (bicyclic) bond motifs is 1. The lowest BCUT2D eigenvalue weighted by Gasteiger charge is -2.29. The Morgan fingerprint density at radius 2 is 2.30 bits per heavy atom. The number of benzene rings is 1. The Morgan fingerprint density at radius 3 is 3.04 bits per heavy atom. The number of hydrogen-bond acceptors (Lipinski definition) is 5. The van der Waals surface area contributed by atoms with Crippen LogP contribution in [0.25, 0.3) is 0 Å². The van der Waals surface area contributed by atoms with E-state index in [0.717, 1.165) is 17.7 Å². The first kappa shape index (κ1) is 15.3. The molecule has 0 aliphatic carbocycles. The van der Waals surface area contributed by atoms with Gasteiger partial charge in [0.15, 0.2) is 11.5 Å². The van der Waals surface area contributed by atoms with Gasteiger partial charge in [-0.2, -0.15) is 5.10 Å². The lowest BCUT2D eigenvalue weighted by atomic mass is 10.1. The van der Waals surface area contributed by atoms with Crippen molar-refractivity contribution in [3.05, 3.63) is 36.4 Å². The maximum atomic E-state index is 12.8. The van der Waals surface area contributed by atoms with Gasteiger partial charge >= 0.3 is 0 Å². The smallest absolute Gasteiger partial charge is 0.247 e. The molecule has 1 aliphatic heterocycles. The topological polar surface area (TPSA) is 69.5 Å². The summed E-state index contributed by atoms with van der Waals surface area (Å²) in [7, 11) is 1.62. The van der Waals surface area contributed by atoms with Gasteiger partial charge in [0, 0.05) is 18.7 Å². The molecule has 23 heavy (non-hydrogen) atoms. The summed E-state index contributed by atoms with van der Waals surface area (Å²) < 4.78 is 12.8. The normalized spacial score (nSPS) is 15.8. The number of ether oxygens (including phenoxy) is 2. The third kappa shape index (κ3) is 3.13. The fraction of sp³-hybridized carbons (Fsp3) is 0.438. The van der Waals surface area contributed by atoms with Crippen molar-refractivity contribution in [2.45, 2.75) is 25.9 Å². The number of rotatable bonds is 3. The minimum Gasteiger partial charge on any atom is -0.493 e. The molecule has 2 aromatic rings. The van der Waals surface area contributed by atoms with Gasteiger partial charge in [-0.15, -0.1) is 0 Å². The summed E-state index contributed by atoms with van der Waals surface area (Å²) in [5.74, 6) is 1.44. The number of nitrogens with zero attached hydrogens (tertiary/aromatic N) is 4. The molecular formula is C16H20N4O3. The van der Waals surface area contributed by atoms with Crippen molar-refractivity contribution >= 4 is 5.91 Å². The van der Waals surface area contributed by atoms with E-state index in [1.54, 1.807) is 18.1 Å². The van der Waals surface area contributed by atoms with E-state index in [9.17, 15) is 4.79 Å². The molecule has 1 amide bonds. The van der Waals surface area contributed by atoms with E-state index in [1.807, 2.05) is 30.0 Å². The molecule has 2 heterocycles. The fourth-order valence-corrected chi connectivity index (χ4v) is 2.71. The van der Waals surface area contributed by atoms with Gasteiger partial charge in [0.1, 0.15) is 18.7 Å². The molecule has 3 rings (SSSR count). The molecule has 1 aromatic heterocycles. The fourth-order valence-electron chi connectivity index (χ4n) is 2.71. The molecule has 0 saturated carbocycles. The van der Waals surface area contributed by atoms with E-state index in [-0.39, 0.29) is 11.9 Å². The van der Waals surface area contributed by atoms with Gasteiger partial charge in [-0.25, -0.2) is 9.67 Å².